The van der Waals surface area contributed by atoms with Crippen molar-refractivity contribution in [1.82, 2.24) is 0 Å². The van der Waals surface area contributed by atoms with E-state index in [9.17, 15) is 5.11 Å². The zero-order valence-electron chi connectivity index (χ0n) is 11.0. The maximum Gasteiger partial charge on any atom is 0.143 e. The number of ether oxygens (including phenoxy) is 2. The van der Waals surface area contributed by atoms with E-state index < -0.39 is 0 Å². The van der Waals surface area contributed by atoms with Gasteiger partial charge >= 0.3 is 0 Å². The van der Waals surface area contributed by atoms with E-state index in [1.54, 1.807) is 18.2 Å². The van der Waals surface area contributed by atoms with Crippen LogP contribution in [0.25, 0.3) is 0 Å². The Morgan fingerprint density at radius 1 is 1.22 bits per heavy atom. The number of benzene rings is 1. The minimum atomic E-state index is -0.0793. The summed E-state index contributed by atoms with van der Waals surface area (Å²) in [4.78, 5) is 0. The van der Waals surface area contributed by atoms with Crippen LogP contribution in [0.15, 0.2) is 18.2 Å². The fraction of sp³-hybridized carbons (Fsp3) is 0.571. The molecule has 0 aliphatic carbocycles. The molecule has 0 heterocycles. The lowest BCUT2D eigenvalue weighted by Crippen LogP contribution is -2.09. The predicted octanol–water partition coefficient (Wildman–Crippen LogP) is 3.27. The van der Waals surface area contributed by atoms with Crippen molar-refractivity contribution in [2.75, 3.05) is 19.8 Å². The standard InChI is InChI=1S/C14H21ClO3/c1-11(2)6-7-17-8-9-18-14-12(10-16)4-3-5-13(14)15/h3-5,11,16H,6-10H2,1-2H3. The molecule has 0 aliphatic rings. The summed E-state index contributed by atoms with van der Waals surface area (Å²) < 4.78 is 11.0. The van der Waals surface area contributed by atoms with Crippen LogP contribution in [-0.4, -0.2) is 24.9 Å². The molecular weight excluding hydrogens is 252 g/mol. The van der Waals surface area contributed by atoms with Gasteiger partial charge < -0.3 is 14.6 Å². The van der Waals surface area contributed by atoms with Gasteiger partial charge in [0.2, 0.25) is 0 Å². The molecule has 102 valence electrons. The third-order valence-electron chi connectivity index (χ3n) is 2.53. The molecule has 4 heteroatoms. The van der Waals surface area contributed by atoms with E-state index in [0.29, 0.717) is 35.5 Å². The van der Waals surface area contributed by atoms with Crippen LogP contribution in [0.4, 0.5) is 0 Å². The first-order valence-corrected chi connectivity index (χ1v) is 6.61. The zero-order chi connectivity index (χ0) is 13.4. The first kappa shape index (κ1) is 15.3. The van der Waals surface area contributed by atoms with Gasteiger partial charge in [0.25, 0.3) is 0 Å². The molecule has 1 rings (SSSR count). The summed E-state index contributed by atoms with van der Waals surface area (Å²) in [5.74, 6) is 1.20. The molecule has 1 aromatic rings. The summed E-state index contributed by atoms with van der Waals surface area (Å²) in [7, 11) is 0. The SMILES string of the molecule is CC(C)CCOCCOc1c(Cl)cccc1CO. The number of para-hydroxylation sites is 1. The fourth-order valence-electron chi connectivity index (χ4n) is 1.46. The average Bonchev–Trinajstić information content (AvgIpc) is 2.34. The van der Waals surface area contributed by atoms with E-state index in [2.05, 4.69) is 13.8 Å². The van der Waals surface area contributed by atoms with E-state index in [-0.39, 0.29) is 6.61 Å². The van der Waals surface area contributed by atoms with Crippen LogP contribution in [0, 0.1) is 5.92 Å². The molecule has 0 saturated carbocycles. The maximum atomic E-state index is 9.17. The van der Waals surface area contributed by atoms with E-state index in [4.69, 9.17) is 21.1 Å². The quantitative estimate of drug-likeness (QED) is 0.738. The molecule has 0 spiro atoms. The number of aliphatic hydroxyl groups excluding tert-OH is 1. The van der Waals surface area contributed by atoms with Crippen molar-refractivity contribution in [3.8, 4) is 5.75 Å². The van der Waals surface area contributed by atoms with Crippen molar-refractivity contribution in [2.45, 2.75) is 26.9 Å². The van der Waals surface area contributed by atoms with Gasteiger partial charge in [-0.25, -0.2) is 0 Å². The highest BCUT2D eigenvalue weighted by molar-refractivity contribution is 6.32. The first-order valence-electron chi connectivity index (χ1n) is 6.24. The molecule has 1 aromatic carbocycles. The molecule has 0 amide bonds. The summed E-state index contributed by atoms with van der Waals surface area (Å²) in [6.07, 6.45) is 1.05. The van der Waals surface area contributed by atoms with Gasteiger partial charge in [0.1, 0.15) is 12.4 Å². The Kier molecular flexibility index (Phi) is 7.09. The van der Waals surface area contributed by atoms with Crippen LogP contribution in [0.1, 0.15) is 25.8 Å². The lowest BCUT2D eigenvalue weighted by atomic mass is 10.1. The molecular formula is C14H21ClO3. The largest absolute Gasteiger partial charge is 0.489 e. The Hall–Kier alpha value is -0.770. The average molecular weight is 273 g/mol. The minimum absolute atomic E-state index is 0.0793. The Morgan fingerprint density at radius 2 is 2.00 bits per heavy atom. The van der Waals surface area contributed by atoms with Crippen LogP contribution in [-0.2, 0) is 11.3 Å². The second-order valence-electron chi connectivity index (χ2n) is 4.53. The van der Waals surface area contributed by atoms with Crippen molar-refractivity contribution < 1.29 is 14.6 Å². The molecule has 18 heavy (non-hydrogen) atoms. The van der Waals surface area contributed by atoms with Gasteiger partial charge in [-0.15, -0.1) is 0 Å². The van der Waals surface area contributed by atoms with Gasteiger partial charge in [-0.1, -0.05) is 37.6 Å². The summed E-state index contributed by atoms with van der Waals surface area (Å²) in [6.45, 7) is 5.96. The molecule has 0 unspecified atom stereocenters. The monoisotopic (exact) mass is 272 g/mol. The molecule has 0 radical (unpaired) electrons. The minimum Gasteiger partial charge on any atom is -0.489 e. The van der Waals surface area contributed by atoms with Crippen LogP contribution in [0.2, 0.25) is 5.02 Å². The van der Waals surface area contributed by atoms with Crippen molar-refractivity contribution in [1.29, 1.82) is 0 Å². The van der Waals surface area contributed by atoms with Gasteiger partial charge in [0.15, 0.2) is 0 Å². The van der Waals surface area contributed by atoms with E-state index in [1.807, 2.05) is 0 Å². The van der Waals surface area contributed by atoms with Crippen LogP contribution >= 0.6 is 11.6 Å². The highest BCUT2D eigenvalue weighted by Gasteiger charge is 2.07. The molecule has 0 saturated heterocycles. The van der Waals surface area contributed by atoms with Crippen molar-refractivity contribution in [3.05, 3.63) is 28.8 Å². The van der Waals surface area contributed by atoms with Gasteiger partial charge in [0, 0.05) is 12.2 Å². The number of halogens is 1. The first-order chi connectivity index (χ1) is 8.65. The number of hydrogen-bond acceptors (Lipinski definition) is 3. The van der Waals surface area contributed by atoms with Crippen molar-refractivity contribution in [2.24, 2.45) is 5.92 Å². The molecule has 0 aliphatic heterocycles. The summed E-state index contributed by atoms with van der Waals surface area (Å²) in [5.41, 5.74) is 0.699. The molecule has 1 N–H and O–H groups in total. The lowest BCUT2D eigenvalue weighted by molar-refractivity contribution is 0.0918. The van der Waals surface area contributed by atoms with E-state index in [1.165, 1.54) is 0 Å². The number of hydrogen-bond donors (Lipinski definition) is 1. The molecule has 0 fully saturated rings. The van der Waals surface area contributed by atoms with Gasteiger partial charge in [-0.05, 0) is 18.4 Å². The van der Waals surface area contributed by atoms with Crippen LogP contribution in [0.5, 0.6) is 5.75 Å². The zero-order valence-corrected chi connectivity index (χ0v) is 11.7. The number of aliphatic hydroxyl groups is 1. The van der Waals surface area contributed by atoms with Crippen molar-refractivity contribution >= 4 is 11.6 Å². The lowest BCUT2D eigenvalue weighted by Gasteiger charge is -2.12. The van der Waals surface area contributed by atoms with Gasteiger partial charge in [-0.3, -0.25) is 0 Å². The second-order valence-corrected chi connectivity index (χ2v) is 4.94. The van der Waals surface area contributed by atoms with Crippen molar-refractivity contribution in [3.63, 3.8) is 0 Å². The molecule has 3 nitrogen and oxygen atoms in total. The molecule has 0 aromatic heterocycles. The molecule has 0 atom stereocenters. The van der Waals surface area contributed by atoms with Crippen LogP contribution in [0.3, 0.4) is 0 Å². The van der Waals surface area contributed by atoms with Gasteiger partial charge in [-0.2, -0.15) is 0 Å². The smallest absolute Gasteiger partial charge is 0.143 e. The number of rotatable bonds is 8. The fourth-order valence-corrected chi connectivity index (χ4v) is 1.71. The highest BCUT2D eigenvalue weighted by Crippen LogP contribution is 2.28. The molecule has 0 bridgehead atoms. The third kappa shape index (κ3) is 5.25. The van der Waals surface area contributed by atoms with Gasteiger partial charge in [0.05, 0.1) is 18.2 Å². The predicted molar refractivity (Wildman–Crippen MR) is 73.1 cm³/mol. The summed E-state index contributed by atoms with van der Waals surface area (Å²) in [5, 5.41) is 9.69. The van der Waals surface area contributed by atoms with Crippen LogP contribution < -0.4 is 4.74 Å². The highest BCUT2D eigenvalue weighted by atomic mass is 35.5. The second kappa shape index (κ2) is 8.35. The maximum absolute atomic E-state index is 9.17. The Morgan fingerprint density at radius 3 is 2.67 bits per heavy atom. The Bertz CT molecular complexity index is 353. The summed E-state index contributed by atoms with van der Waals surface area (Å²) in [6, 6.07) is 5.33. The normalized spacial score (nSPS) is 10.9. The Labute approximate surface area is 114 Å². The third-order valence-corrected chi connectivity index (χ3v) is 2.83. The topological polar surface area (TPSA) is 38.7 Å². The summed E-state index contributed by atoms with van der Waals surface area (Å²) >= 11 is 6.01. The Balaban J connectivity index is 2.31. The van der Waals surface area contributed by atoms with E-state index in [0.717, 1.165) is 13.0 Å². The van der Waals surface area contributed by atoms with E-state index >= 15 is 0 Å².